The molecular weight excluding hydrogens is 382 g/mol. The second-order valence-corrected chi connectivity index (χ2v) is 10.5. The number of rotatable bonds is 5. The number of benzene rings is 2. The van der Waals surface area contributed by atoms with Crippen LogP contribution in [0.2, 0.25) is 0 Å². The molecule has 1 fully saturated rings. The maximum atomic E-state index is 10.2. The molecule has 3 unspecified atom stereocenters. The molecule has 3 atom stereocenters. The predicted molar refractivity (Wildman–Crippen MR) is 120 cm³/mol. The molecule has 1 heterocycles. The SMILES string of the molecule is COc1ccc2c(c1)CCC(C(Cc1ccccc1)C1SCCCS1)C2C#N. The summed E-state index contributed by atoms with van der Waals surface area (Å²) in [6.07, 6.45) is 4.51. The molecule has 0 radical (unpaired) electrons. The van der Waals surface area contributed by atoms with Gasteiger partial charge in [-0.25, -0.2) is 0 Å². The molecule has 1 saturated heterocycles. The third kappa shape index (κ3) is 4.21. The minimum atomic E-state index is -0.0218. The molecule has 1 aliphatic heterocycles. The van der Waals surface area contributed by atoms with E-state index in [4.69, 9.17) is 4.74 Å². The number of methoxy groups -OCH3 is 1. The standard InChI is InChI=1S/C24H27NOS2/c1-26-19-9-11-20-18(15-19)8-10-21(23(20)16-25)22(24-27-12-5-13-28-24)14-17-6-3-2-4-7-17/h2-4,6-7,9,11,15,21-24H,5,8,10,12-14H2,1H3. The summed E-state index contributed by atoms with van der Waals surface area (Å²) < 4.78 is 6.00. The molecule has 0 saturated carbocycles. The van der Waals surface area contributed by atoms with Crippen LogP contribution in [0.25, 0.3) is 0 Å². The van der Waals surface area contributed by atoms with Crippen LogP contribution in [0.3, 0.4) is 0 Å². The fourth-order valence-corrected chi connectivity index (χ4v) is 7.99. The van der Waals surface area contributed by atoms with Crippen LogP contribution < -0.4 is 4.74 Å². The van der Waals surface area contributed by atoms with Crippen molar-refractivity contribution in [3.05, 3.63) is 65.2 Å². The van der Waals surface area contributed by atoms with Crippen LogP contribution in [0, 0.1) is 23.2 Å². The lowest BCUT2D eigenvalue weighted by molar-refractivity contribution is 0.291. The van der Waals surface area contributed by atoms with Crippen molar-refractivity contribution in [3.8, 4) is 11.8 Å². The Kier molecular flexibility index (Phi) is 6.54. The number of aryl methyl sites for hydroxylation is 1. The first-order valence-electron chi connectivity index (χ1n) is 10.1. The predicted octanol–water partition coefficient (Wildman–Crippen LogP) is 5.92. The summed E-state index contributed by atoms with van der Waals surface area (Å²) in [5.41, 5.74) is 3.92. The van der Waals surface area contributed by atoms with E-state index in [0.717, 1.165) is 25.0 Å². The van der Waals surface area contributed by atoms with Crippen molar-refractivity contribution in [2.45, 2.75) is 36.2 Å². The van der Waals surface area contributed by atoms with Crippen LogP contribution in [-0.4, -0.2) is 23.2 Å². The van der Waals surface area contributed by atoms with E-state index in [1.54, 1.807) is 7.11 Å². The molecule has 1 aliphatic carbocycles. The molecule has 146 valence electrons. The van der Waals surface area contributed by atoms with Gasteiger partial charge in [0.25, 0.3) is 0 Å². The van der Waals surface area contributed by atoms with Gasteiger partial charge in [-0.2, -0.15) is 5.26 Å². The van der Waals surface area contributed by atoms with Crippen LogP contribution >= 0.6 is 23.5 Å². The number of nitrogens with zero attached hydrogens (tertiary/aromatic N) is 1. The van der Waals surface area contributed by atoms with Gasteiger partial charge >= 0.3 is 0 Å². The van der Waals surface area contributed by atoms with Gasteiger partial charge in [0.15, 0.2) is 0 Å². The summed E-state index contributed by atoms with van der Waals surface area (Å²) in [7, 11) is 1.71. The van der Waals surface area contributed by atoms with Gasteiger partial charge in [0.05, 0.1) is 23.7 Å². The zero-order chi connectivity index (χ0) is 19.3. The molecule has 28 heavy (non-hydrogen) atoms. The van der Waals surface area contributed by atoms with Gasteiger partial charge in [-0.15, -0.1) is 23.5 Å². The smallest absolute Gasteiger partial charge is 0.119 e. The minimum Gasteiger partial charge on any atom is -0.497 e. The molecule has 0 aromatic heterocycles. The average molecular weight is 410 g/mol. The Morgan fingerprint density at radius 1 is 1.14 bits per heavy atom. The average Bonchev–Trinajstić information content (AvgIpc) is 2.77. The number of ether oxygens (including phenoxy) is 1. The van der Waals surface area contributed by atoms with E-state index in [2.05, 4.69) is 72.1 Å². The highest BCUT2D eigenvalue weighted by Gasteiger charge is 2.39. The van der Waals surface area contributed by atoms with E-state index in [1.165, 1.54) is 34.6 Å². The third-order valence-electron chi connectivity index (χ3n) is 6.07. The van der Waals surface area contributed by atoms with E-state index in [9.17, 15) is 5.26 Å². The maximum absolute atomic E-state index is 10.2. The zero-order valence-electron chi connectivity index (χ0n) is 16.3. The van der Waals surface area contributed by atoms with Crippen molar-refractivity contribution < 1.29 is 4.74 Å². The summed E-state index contributed by atoms with van der Waals surface area (Å²) >= 11 is 4.24. The Hall–Kier alpha value is -1.57. The topological polar surface area (TPSA) is 33.0 Å². The van der Waals surface area contributed by atoms with Crippen LogP contribution in [0.5, 0.6) is 5.75 Å². The van der Waals surface area contributed by atoms with Gasteiger partial charge in [0, 0.05) is 0 Å². The fraction of sp³-hybridized carbons (Fsp3) is 0.458. The zero-order valence-corrected chi connectivity index (χ0v) is 18.0. The summed E-state index contributed by atoms with van der Waals surface area (Å²) in [5.74, 6) is 4.31. The van der Waals surface area contributed by atoms with Crippen molar-refractivity contribution in [3.63, 3.8) is 0 Å². The summed E-state index contributed by atoms with van der Waals surface area (Å²) in [4.78, 5) is 0. The molecule has 0 bridgehead atoms. The molecule has 2 aromatic rings. The van der Waals surface area contributed by atoms with E-state index >= 15 is 0 Å². The Morgan fingerprint density at radius 3 is 2.64 bits per heavy atom. The van der Waals surface area contributed by atoms with Crippen LogP contribution in [0.15, 0.2) is 48.5 Å². The highest BCUT2D eigenvalue weighted by Crippen LogP contribution is 2.48. The Labute approximate surface area is 177 Å². The maximum Gasteiger partial charge on any atom is 0.119 e. The minimum absolute atomic E-state index is 0.0218. The highest BCUT2D eigenvalue weighted by atomic mass is 32.2. The van der Waals surface area contributed by atoms with Gasteiger partial charge < -0.3 is 4.74 Å². The Bertz CT molecular complexity index is 826. The largest absolute Gasteiger partial charge is 0.497 e. The highest BCUT2D eigenvalue weighted by molar-refractivity contribution is 8.17. The summed E-state index contributed by atoms with van der Waals surface area (Å²) in [6.45, 7) is 0. The molecule has 0 N–H and O–H groups in total. The number of nitriles is 1. The number of fused-ring (bicyclic) bond motifs is 1. The lowest BCUT2D eigenvalue weighted by Gasteiger charge is -2.40. The van der Waals surface area contributed by atoms with Crippen molar-refractivity contribution in [1.82, 2.24) is 0 Å². The Morgan fingerprint density at radius 2 is 1.93 bits per heavy atom. The van der Waals surface area contributed by atoms with Crippen molar-refractivity contribution >= 4 is 23.5 Å². The number of hydrogen-bond donors (Lipinski definition) is 0. The normalized spacial score (nSPS) is 23.4. The van der Waals surface area contributed by atoms with Gasteiger partial charge in [-0.05, 0) is 77.8 Å². The molecular formula is C24H27NOS2. The quantitative estimate of drug-likeness (QED) is 0.614. The molecule has 2 aliphatic rings. The van der Waals surface area contributed by atoms with E-state index in [0.29, 0.717) is 16.4 Å². The van der Waals surface area contributed by atoms with Crippen molar-refractivity contribution in [2.24, 2.45) is 11.8 Å². The van der Waals surface area contributed by atoms with E-state index < -0.39 is 0 Å². The lowest BCUT2D eigenvalue weighted by atomic mass is 9.69. The first-order valence-corrected chi connectivity index (χ1v) is 12.2. The molecule has 2 aromatic carbocycles. The molecule has 0 amide bonds. The van der Waals surface area contributed by atoms with E-state index in [1.807, 2.05) is 6.07 Å². The number of hydrogen-bond acceptors (Lipinski definition) is 4. The van der Waals surface area contributed by atoms with Crippen LogP contribution in [0.1, 0.15) is 35.4 Å². The second kappa shape index (κ2) is 9.29. The summed E-state index contributed by atoms with van der Waals surface area (Å²) in [5, 5.41) is 10.2. The van der Waals surface area contributed by atoms with Crippen LogP contribution in [-0.2, 0) is 12.8 Å². The lowest BCUT2D eigenvalue weighted by Crippen LogP contribution is -2.34. The first-order chi connectivity index (χ1) is 13.8. The molecule has 4 rings (SSSR count). The molecule has 4 heteroatoms. The molecule has 2 nitrogen and oxygen atoms in total. The summed E-state index contributed by atoms with van der Waals surface area (Å²) in [6, 6.07) is 19.8. The number of thioether (sulfide) groups is 2. The molecule has 0 spiro atoms. The fourth-order valence-electron chi connectivity index (χ4n) is 4.66. The Balaban J connectivity index is 1.65. The monoisotopic (exact) mass is 409 g/mol. The second-order valence-electron chi connectivity index (χ2n) is 7.69. The van der Waals surface area contributed by atoms with Gasteiger partial charge in [-0.3, -0.25) is 0 Å². The van der Waals surface area contributed by atoms with Crippen molar-refractivity contribution in [2.75, 3.05) is 18.6 Å². The van der Waals surface area contributed by atoms with Crippen LogP contribution in [0.4, 0.5) is 0 Å². The van der Waals surface area contributed by atoms with Gasteiger partial charge in [0.1, 0.15) is 5.75 Å². The van der Waals surface area contributed by atoms with Gasteiger partial charge in [0.2, 0.25) is 0 Å². The van der Waals surface area contributed by atoms with E-state index in [-0.39, 0.29) is 5.92 Å². The van der Waals surface area contributed by atoms with Crippen molar-refractivity contribution in [1.29, 1.82) is 5.26 Å². The third-order valence-corrected chi connectivity index (χ3v) is 9.29. The first kappa shape index (κ1) is 19.7. The van der Waals surface area contributed by atoms with Gasteiger partial charge in [-0.1, -0.05) is 36.4 Å².